The summed E-state index contributed by atoms with van der Waals surface area (Å²) in [4.78, 5) is 25.4. The normalized spacial score (nSPS) is 26.6. The summed E-state index contributed by atoms with van der Waals surface area (Å²) in [5, 5.41) is 2.77. The molecule has 1 atom stereocenters. The monoisotopic (exact) mass is 560 g/mol. The highest BCUT2D eigenvalue weighted by atomic mass is 35.5. The molecule has 0 saturated heterocycles. The summed E-state index contributed by atoms with van der Waals surface area (Å²) in [6.07, 6.45) is 5.08. The smallest absolute Gasteiger partial charge is 0.340 e. The maximum atomic E-state index is 13.4. The molecular formula is C28H33ClN2O6S. The molecular weight excluding hydrogens is 528 g/mol. The Morgan fingerprint density at radius 1 is 1.03 bits per heavy atom. The molecule has 10 heteroatoms. The molecule has 0 radical (unpaired) electrons. The van der Waals surface area contributed by atoms with Gasteiger partial charge in [-0.3, -0.25) is 4.79 Å². The number of nitrogens with one attached hydrogen (secondary N) is 2. The third kappa shape index (κ3) is 5.70. The molecule has 204 valence electrons. The largest absolute Gasteiger partial charge is 0.497 e. The molecule has 8 nitrogen and oxygen atoms in total. The van der Waals surface area contributed by atoms with Crippen LogP contribution < -0.4 is 14.8 Å². The van der Waals surface area contributed by atoms with E-state index in [1.165, 1.54) is 44.4 Å². The van der Waals surface area contributed by atoms with Gasteiger partial charge in [0.05, 0.1) is 22.6 Å². The second kappa shape index (κ2) is 10.5. The first kappa shape index (κ1) is 27.0. The first-order valence-electron chi connectivity index (χ1n) is 13.0. The minimum absolute atomic E-state index is 0.0406. The lowest BCUT2D eigenvalue weighted by atomic mass is 9.53. The molecule has 6 rings (SSSR count). The number of benzene rings is 2. The third-order valence-electron chi connectivity index (χ3n) is 8.14. The Bertz CT molecular complexity index is 1290. The molecule has 0 aliphatic heterocycles. The van der Waals surface area contributed by atoms with Gasteiger partial charge in [-0.25, -0.2) is 17.9 Å². The maximum absolute atomic E-state index is 13.4. The van der Waals surface area contributed by atoms with Crippen molar-refractivity contribution in [2.24, 2.45) is 17.8 Å². The molecule has 0 aromatic heterocycles. The minimum Gasteiger partial charge on any atom is -0.497 e. The van der Waals surface area contributed by atoms with Gasteiger partial charge in [-0.15, -0.1) is 0 Å². The average molecular weight is 561 g/mol. The van der Waals surface area contributed by atoms with E-state index >= 15 is 0 Å². The number of rotatable bonds is 9. The molecule has 4 aliphatic carbocycles. The number of methoxy groups -OCH3 is 1. The number of halogens is 1. The quantitative estimate of drug-likeness (QED) is 0.438. The van der Waals surface area contributed by atoms with E-state index in [0.717, 1.165) is 24.8 Å². The fourth-order valence-electron chi connectivity index (χ4n) is 6.76. The van der Waals surface area contributed by atoms with E-state index < -0.39 is 33.5 Å². The van der Waals surface area contributed by atoms with Crippen LogP contribution in [-0.4, -0.2) is 39.0 Å². The summed E-state index contributed by atoms with van der Waals surface area (Å²) in [5.41, 5.74) is 0.338. The Labute approximate surface area is 228 Å². The van der Waals surface area contributed by atoms with Gasteiger partial charge in [-0.2, -0.15) is 0 Å². The van der Waals surface area contributed by atoms with Crippen LogP contribution in [0.3, 0.4) is 0 Å². The van der Waals surface area contributed by atoms with Crippen LogP contribution >= 0.6 is 11.6 Å². The SMILES string of the molecule is COc1ccc(CNC(=O)[C@@H](C)OC(=O)c2cc(S(=O)(=O)NC34CC5CC(CC(C5)C3)C4)ccc2Cl)cc1. The molecule has 0 spiro atoms. The predicted octanol–water partition coefficient (Wildman–Crippen LogP) is 4.46. The zero-order valence-corrected chi connectivity index (χ0v) is 23.1. The van der Waals surface area contributed by atoms with Crippen molar-refractivity contribution in [3.63, 3.8) is 0 Å². The lowest BCUT2D eigenvalue weighted by Crippen LogP contribution is -2.59. The number of sulfonamides is 1. The highest BCUT2D eigenvalue weighted by molar-refractivity contribution is 7.89. The maximum Gasteiger partial charge on any atom is 0.340 e. The van der Waals surface area contributed by atoms with Crippen LogP contribution in [0.5, 0.6) is 5.75 Å². The second-order valence-electron chi connectivity index (χ2n) is 11.1. The Kier molecular flexibility index (Phi) is 7.46. The van der Waals surface area contributed by atoms with Crippen LogP contribution in [0.15, 0.2) is 47.4 Å². The van der Waals surface area contributed by atoms with Gasteiger partial charge in [-0.1, -0.05) is 23.7 Å². The second-order valence-corrected chi connectivity index (χ2v) is 13.1. The lowest BCUT2D eigenvalue weighted by molar-refractivity contribution is -0.129. The molecule has 2 aromatic rings. The highest BCUT2D eigenvalue weighted by Gasteiger charge is 2.52. The molecule has 4 bridgehead atoms. The van der Waals surface area contributed by atoms with Crippen molar-refractivity contribution < 1.29 is 27.5 Å². The van der Waals surface area contributed by atoms with Gasteiger partial charge in [-0.05, 0) is 99.1 Å². The summed E-state index contributed by atoms with van der Waals surface area (Å²) >= 11 is 6.24. The van der Waals surface area contributed by atoms with Gasteiger partial charge in [0.25, 0.3) is 5.91 Å². The van der Waals surface area contributed by atoms with E-state index in [0.29, 0.717) is 23.5 Å². The van der Waals surface area contributed by atoms with E-state index in [-0.39, 0.29) is 22.0 Å². The molecule has 2 N–H and O–H groups in total. The lowest BCUT2D eigenvalue weighted by Gasteiger charge is -2.56. The Balaban J connectivity index is 1.23. The minimum atomic E-state index is -3.89. The van der Waals surface area contributed by atoms with E-state index in [9.17, 15) is 18.0 Å². The van der Waals surface area contributed by atoms with Gasteiger partial charge in [0.1, 0.15) is 5.75 Å². The number of ether oxygens (including phenoxy) is 2. The summed E-state index contributed by atoms with van der Waals surface area (Å²) in [6.45, 7) is 1.69. The van der Waals surface area contributed by atoms with Crippen LogP contribution in [-0.2, 0) is 26.1 Å². The van der Waals surface area contributed by atoms with Crippen LogP contribution in [0.25, 0.3) is 0 Å². The van der Waals surface area contributed by atoms with Gasteiger partial charge in [0, 0.05) is 12.1 Å². The number of carbonyl (C=O) groups excluding carboxylic acids is 2. The molecule has 0 heterocycles. The number of hydrogen-bond acceptors (Lipinski definition) is 6. The van der Waals surface area contributed by atoms with E-state index in [1.54, 1.807) is 19.2 Å². The molecule has 0 unspecified atom stereocenters. The van der Waals surface area contributed by atoms with Crippen molar-refractivity contribution >= 4 is 33.5 Å². The Morgan fingerprint density at radius 3 is 2.21 bits per heavy atom. The van der Waals surface area contributed by atoms with Crippen LogP contribution in [0.2, 0.25) is 5.02 Å². The zero-order valence-electron chi connectivity index (χ0n) is 21.5. The first-order chi connectivity index (χ1) is 18.1. The standard InChI is InChI=1S/C28H33ClN2O6S/c1-17(26(32)30-16-18-3-5-22(36-2)6-4-18)37-27(33)24-12-23(7-8-25(24)29)38(34,35)31-28-13-19-9-20(14-28)11-21(10-19)15-28/h3-8,12,17,19-21,31H,9-11,13-16H2,1-2H3,(H,30,32)/t17-,19?,20?,21?,28?/m1/s1. The van der Waals surface area contributed by atoms with Gasteiger partial charge in [0.2, 0.25) is 10.0 Å². The van der Waals surface area contributed by atoms with Gasteiger partial charge in [0.15, 0.2) is 6.10 Å². The fourth-order valence-corrected chi connectivity index (χ4v) is 8.41. The van der Waals surface area contributed by atoms with Crippen molar-refractivity contribution in [3.8, 4) is 5.75 Å². The summed E-state index contributed by atoms with van der Waals surface area (Å²) < 4.78 is 40.3. The predicted molar refractivity (Wildman–Crippen MR) is 142 cm³/mol. The Hall–Kier alpha value is -2.62. The topological polar surface area (TPSA) is 111 Å². The van der Waals surface area contributed by atoms with Crippen molar-refractivity contribution in [2.75, 3.05) is 7.11 Å². The molecule has 1 amide bonds. The number of carbonyl (C=O) groups is 2. The first-order valence-corrected chi connectivity index (χ1v) is 14.9. The van der Waals surface area contributed by atoms with Crippen molar-refractivity contribution in [2.45, 2.75) is 68.5 Å². The van der Waals surface area contributed by atoms with Crippen LogP contribution in [0.1, 0.15) is 61.4 Å². The van der Waals surface area contributed by atoms with Gasteiger partial charge < -0.3 is 14.8 Å². The molecule has 38 heavy (non-hydrogen) atoms. The third-order valence-corrected chi connectivity index (χ3v) is 10.0. The van der Waals surface area contributed by atoms with Crippen molar-refractivity contribution in [1.82, 2.24) is 10.0 Å². The van der Waals surface area contributed by atoms with Gasteiger partial charge >= 0.3 is 5.97 Å². The van der Waals surface area contributed by atoms with E-state index in [2.05, 4.69) is 10.0 Å². The Morgan fingerprint density at radius 2 is 1.63 bits per heavy atom. The highest BCUT2D eigenvalue weighted by Crippen LogP contribution is 2.56. The number of amides is 1. The molecule has 4 fully saturated rings. The van der Waals surface area contributed by atoms with Crippen molar-refractivity contribution in [3.05, 3.63) is 58.6 Å². The summed E-state index contributed by atoms with van der Waals surface area (Å²) in [7, 11) is -2.32. The fraction of sp³-hybridized carbons (Fsp3) is 0.500. The van der Waals surface area contributed by atoms with E-state index in [1.807, 2.05) is 12.1 Å². The molecule has 2 aromatic carbocycles. The van der Waals surface area contributed by atoms with Crippen LogP contribution in [0.4, 0.5) is 0 Å². The average Bonchev–Trinajstić information content (AvgIpc) is 2.86. The zero-order chi connectivity index (χ0) is 27.1. The summed E-state index contributed by atoms with van der Waals surface area (Å²) in [5.74, 6) is 1.09. The van der Waals surface area contributed by atoms with E-state index in [4.69, 9.17) is 21.1 Å². The number of hydrogen-bond donors (Lipinski definition) is 2. The van der Waals surface area contributed by atoms with Crippen LogP contribution in [0, 0.1) is 17.8 Å². The number of esters is 1. The molecule has 4 saturated carbocycles. The molecule has 4 aliphatic rings. The summed E-state index contributed by atoms with van der Waals surface area (Å²) in [6, 6.07) is 11.2. The van der Waals surface area contributed by atoms with Crippen molar-refractivity contribution in [1.29, 1.82) is 0 Å².